The van der Waals surface area contributed by atoms with Gasteiger partial charge in [-0.1, -0.05) is 44.5 Å². The third-order valence-corrected chi connectivity index (χ3v) is 6.07. The molecule has 0 unspecified atom stereocenters. The molecule has 0 atom stereocenters. The number of nitrogens with one attached hydrogen (secondary N) is 2. The fourth-order valence-electron chi connectivity index (χ4n) is 3.19. The average Bonchev–Trinajstić information content (AvgIpc) is 3.18. The summed E-state index contributed by atoms with van der Waals surface area (Å²) in [6, 6.07) is 15.8. The summed E-state index contributed by atoms with van der Waals surface area (Å²) in [5.74, 6) is 0.193. The fourth-order valence-corrected chi connectivity index (χ4v) is 3.70. The van der Waals surface area contributed by atoms with E-state index in [2.05, 4.69) is 47.3 Å². The number of carbonyl (C=O) groups is 2. The number of nitrogens with zero attached hydrogens (tertiary/aromatic N) is 3. The fraction of sp³-hybridized carbons (Fsp3) is 0.320. The molecule has 9 heteroatoms. The van der Waals surface area contributed by atoms with Crippen LogP contribution in [0.5, 0.6) is 0 Å². The minimum absolute atomic E-state index is 0.120. The van der Waals surface area contributed by atoms with Crippen LogP contribution in [-0.2, 0) is 10.2 Å². The molecule has 2 aromatic carbocycles. The first kappa shape index (κ1) is 25.8. The van der Waals surface area contributed by atoms with Gasteiger partial charge in [-0.15, -0.1) is 0 Å². The van der Waals surface area contributed by atoms with Crippen molar-refractivity contribution in [2.45, 2.75) is 46.1 Å². The second-order valence-electron chi connectivity index (χ2n) is 9.23. The Balaban J connectivity index is 1.81. The molecule has 0 saturated carbocycles. The lowest BCUT2D eigenvalue weighted by Crippen LogP contribution is -2.44. The number of benzene rings is 2. The van der Waals surface area contributed by atoms with Gasteiger partial charge in [-0.3, -0.25) is 4.79 Å². The molecule has 0 aliphatic carbocycles. The van der Waals surface area contributed by atoms with Crippen LogP contribution in [0.15, 0.2) is 59.1 Å². The van der Waals surface area contributed by atoms with Crippen LogP contribution in [-0.4, -0.2) is 39.2 Å². The molecule has 0 bridgehead atoms. The molecule has 180 valence electrons. The topological polar surface area (TPSA) is 79.3 Å². The molecule has 2 N–H and O–H groups in total. The summed E-state index contributed by atoms with van der Waals surface area (Å²) >= 11 is 9.47. The number of amides is 3. The summed E-state index contributed by atoms with van der Waals surface area (Å²) in [5.41, 5.74) is 2.01. The number of anilines is 2. The lowest BCUT2D eigenvalue weighted by molar-refractivity contribution is -0.117. The van der Waals surface area contributed by atoms with Crippen LogP contribution in [0, 0.1) is 0 Å². The number of carbonyl (C=O) groups excluding carboxylic acids is 2. The SMILES string of the molecule is CC(C)N(CC(=O)Nc1cc(C(C)(C)C)nn1-c1ccc(Cl)cc1)C(=O)Nc1ccccc1Br. The van der Waals surface area contributed by atoms with Crippen molar-refractivity contribution < 1.29 is 9.59 Å². The summed E-state index contributed by atoms with van der Waals surface area (Å²) < 4.78 is 2.44. The molecule has 0 saturated heterocycles. The number of rotatable bonds is 6. The molecule has 0 spiro atoms. The Kier molecular flexibility index (Phi) is 8.05. The van der Waals surface area contributed by atoms with Gasteiger partial charge in [0.25, 0.3) is 0 Å². The third-order valence-electron chi connectivity index (χ3n) is 5.13. The zero-order valence-corrected chi connectivity index (χ0v) is 22.2. The molecule has 3 aromatic rings. The van der Waals surface area contributed by atoms with Crippen molar-refractivity contribution in [2.24, 2.45) is 0 Å². The Morgan fingerprint density at radius 1 is 1.09 bits per heavy atom. The van der Waals surface area contributed by atoms with Crippen LogP contribution in [0.25, 0.3) is 5.69 Å². The first-order valence-corrected chi connectivity index (χ1v) is 12.1. The molecule has 0 aliphatic rings. The molecular formula is C25H29BrClN5O2. The predicted molar refractivity (Wildman–Crippen MR) is 141 cm³/mol. The highest BCUT2D eigenvalue weighted by Gasteiger charge is 2.24. The molecular weight excluding hydrogens is 518 g/mol. The quantitative estimate of drug-likeness (QED) is 0.372. The van der Waals surface area contributed by atoms with E-state index in [4.69, 9.17) is 16.7 Å². The Morgan fingerprint density at radius 2 is 1.74 bits per heavy atom. The molecule has 3 rings (SSSR count). The summed E-state index contributed by atoms with van der Waals surface area (Å²) in [4.78, 5) is 27.5. The number of para-hydroxylation sites is 1. The number of urea groups is 1. The van der Waals surface area contributed by atoms with Crippen LogP contribution >= 0.6 is 27.5 Å². The van der Waals surface area contributed by atoms with E-state index in [9.17, 15) is 9.59 Å². The van der Waals surface area contributed by atoms with Gasteiger partial charge in [0.2, 0.25) is 5.91 Å². The number of hydrogen-bond donors (Lipinski definition) is 2. The Hall–Kier alpha value is -2.84. The van der Waals surface area contributed by atoms with E-state index in [1.165, 1.54) is 4.90 Å². The van der Waals surface area contributed by atoms with Crippen molar-refractivity contribution in [3.8, 4) is 5.69 Å². The van der Waals surface area contributed by atoms with Gasteiger partial charge in [-0.25, -0.2) is 9.48 Å². The summed E-state index contributed by atoms with van der Waals surface area (Å²) in [7, 11) is 0. The summed E-state index contributed by atoms with van der Waals surface area (Å²) in [6.45, 7) is 9.77. The van der Waals surface area contributed by atoms with E-state index in [0.717, 1.165) is 15.9 Å². The molecule has 1 heterocycles. The van der Waals surface area contributed by atoms with Crippen molar-refractivity contribution in [1.82, 2.24) is 14.7 Å². The van der Waals surface area contributed by atoms with Gasteiger partial charge >= 0.3 is 6.03 Å². The van der Waals surface area contributed by atoms with Crippen molar-refractivity contribution in [3.63, 3.8) is 0 Å². The van der Waals surface area contributed by atoms with E-state index in [0.29, 0.717) is 16.5 Å². The average molecular weight is 547 g/mol. The summed E-state index contributed by atoms with van der Waals surface area (Å²) in [6.07, 6.45) is 0. The molecule has 1 aromatic heterocycles. The second-order valence-corrected chi connectivity index (χ2v) is 10.5. The smallest absolute Gasteiger partial charge is 0.313 e. The van der Waals surface area contributed by atoms with Crippen LogP contribution in [0.1, 0.15) is 40.3 Å². The number of halogens is 2. The maximum Gasteiger partial charge on any atom is 0.322 e. The van der Waals surface area contributed by atoms with Gasteiger partial charge in [0, 0.05) is 27.0 Å². The van der Waals surface area contributed by atoms with Gasteiger partial charge in [0.05, 0.1) is 17.1 Å². The van der Waals surface area contributed by atoms with E-state index in [-0.39, 0.29) is 29.9 Å². The molecule has 7 nitrogen and oxygen atoms in total. The van der Waals surface area contributed by atoms with Crippen molar-refractivity contribution >= 4 is 51.0 Å². The largest absolute Gasteiger partial charge is 0.322 e. The first-order chi connectivity index (χ1) is 16.0. The Morgan fingerprint density at radius 3 is 2.32 bits per heavy atom. The minimum atomic E-state index is -0.362. The molecule has 3 amide bonds. The second kappa shape index (κ2) is 10.6. The Labute approximate surface area is 213 Å². The molecule has 34 heavy (non-hydrogen) atoms. The standard InChI is InChI=1S/C25H29BrClN5O2/c1-16(2)31(24(34)28-20-9-7-6-8-19(20)26)15-23(33)29-22-14-21(25(3,4)5)30-32(22)18-12-10-17(27)11-13-18/h6-14,16H,15H2,1-5H3,(H,28,34)(H,29,33). The van der Waals surface area contributed by atoms with Crippen molar-refractivity contribution in [1.29, 1.82) is 0 Å². The van der Waals surface area contributed by atoms with E-state index in [1.54, 1.807) is 22.9 Å². The van der Waals surface area contributed by atoms with Gasteiger partial charge in [-0.05, 0) is 66.2 Å². The van der Waals surface area contributed by atoms with Crippen LogP contribution < -0.4 is 10.6 Å². The van der Waals surface area contributed by atoms with Gasteiger partial charge < -0.3 is 15.5 Å². The molecule has 0 aliphatic heterocycles. The third kappa shape index (κ3) is 6.39. The van der Waals surface area contributed by atoms with Gasteiger partial charge in [0.15, 0.2) is 0 Å². The molecule has 0 radical (unpaired) electrons. The van der Waals surface area contributed by atoms with Crippen LogP contribution in [0.4, 0.5) is 16.3 Å². The van der Waals surface area contributed by atoms with Crippen LogP contribution in [0.3, 0.4) is 0 Å². The zero-order chi connectivity index (χ0) is 25.0. The predicted octanol–water partition coefficient (Wildman–Crippen LogP) is 6.47. The highest BCUT2D eigenvalue weighted by atomic mass is 79.9. The zero-order valence-electron chi connectivity index (χ0n) is 19.9. The van der Waals surface area contributed by atoms with Crippen molar-refractivity contribution in [3.05, 3.63) is 69.8 Å². The Bertz CT molecular complexity index is 1170. The van der Waals surface area contributed by atoms with Crippen LogP contribution in [0.2, 0.25) is 5.02 Å². The van der Waals surface area contributed by atoms with Gasteiger partial charge in [-0.2, -0.15) is 5.10 Å². The van der Waals surface area contributed by atoms with Gasteiger partial charge in [0.1, 0.15) is 12.4 Å². The number of aromatic nitrogens is 2. The highest BCUT2D eigenvalue weighted by molar-refractivity contribution is 9.10. The lowest BCUT2D eigenvalue weighted by Gasteiger charge is -2.26. The molecule has 0 fully saturated rings. The van der Waals surface area contributed by atoms with E-state index >= 15 is 0 Å². The maximum atomic E-state index is 13.0. The lowest BCUT2D eigenvalue weighted by atomic mass is 9.92. The normalized spacial score (nSPS) is 11.4. The summed E-state index contributed by atoms with van der Waals surface area (Å²) in [5, 5.41) is 11.1. The first-order valence-electron chi connectivity index (χ1n) is 10.9. The van der Waals surface area contributed by atoms with Crippen molar-refractivity contribution in [2.75, 3.05) is 17.2 Å². The van der Waals surface area contributed by atoms with E-state index < -0.39 is 0 Å². The monoisotopic (exact) mass is 545 g/mol. The highest BCUT2D eigenvalue weighted by Crippen LogP contribution is 2.27. The van der Waals surface area contributed by atoms with E-state index in [1.807, 2.05) is 50.2 Å². The minimum Gasteiger partial charge on any atom is -0.313 e. The number of hydrogen-bond acceptors (Lipinski definition) is 3. The maximum absolute atomic E-state index is 13.0.